The van der Waals surface area contributed by atoms with Gasteiger partial charge in [0.1, 0.15) is 10.8 Å². The molecule has 2 atom stereocenters. The number of fused-ring (bicyclic) bond motifs is 2. The average Bonchev–Trinajstić information content (AvgIpc) is 3.23. The van der Waals surface area contributed by atoms with Gasteiger partial charge in [-0.1, -0.05) is 24.3 Å². The first-order valence-corrected chi connectivity index (χ1v) is 11.7. The summed E-state index contributed by atoms with van der Waals surface area (Å²) in [5.41, 5.74) is 1.73. The number of amides is 2. The second kappa shape index (κ2) is 8.30. The number of carbonyl (C=O) groups is 2. The Kier molecular flexibility index (Phi) is 5.36. The molecule has 0 spiro atoms. The third kappa shape index (κ3) is 3.78. The molecule has 31 heavy (non-hydrogen) atoms. The molecule has 1 fully saturated rings. The van der Waals surface area contributed by atoms with E-state index in [-0.39, 0.29) is 24.3 Å². The fraction of sp³-hybridized carbons (Fsp3) is 0.375. The fourth-order valence-electron chi connectivity index (χ4n) is 4.46. The minimum absolute atomic E-state index is 0.0188. The molecule has 0 radical (unpaired) electrons. The number of hydrogen-bond acceptors (Lipinski definition) is 5. The minimum atomic E-state index is -0.546. The number of hydrogen-bond donors (Lipinski definition) is 0. The van der Waals surface area contributed by atoms with E-state index in [1.165, 1.54) is 0 Å². The molecule has 0 bridgehead atoms. The lowest BCUT2D eigenvalue weighted by Gasteiger charge is -2.36. The van der Waals surface area contributed by atoms with Gasteiger partial charge in [0.15, 0.2) is 6.10 Å². The number of rotatable bonds is 4. The third-order valence-corrected chi connectivity index (χ3v) is 7.18. The smallest absolute Gasteiger partial charge is 0.267 e. The largest absolute Gasteiger partial charge is 0.479 e. The SMILES string of the molecule is CC1Oc2ccccc2N(CCC(=O)N2CCCCC2c2nc3ccccc3s2)C1=O. The van der Waals surface area contributed by atoms with Crippen LogP contribution in [0.4, 0.5) is 5.69 Å². The van der Waals surface area contributed by atoms with Crippen LogP contribution in [0.2, 0.25) is 0 Å². The van der Waals surface area contributed by atoms with Crippen LogP contribution >= 0.6 is 11.3 Å². The van der Waals surface area contributed by atoms with E-state index >= 15 is 0 Å². The molecule has 0 N–H and O–H groups in total. The van der Waals surface area contributed by atoms with Gasteiger partial charge >= 0.3 is 0 Å². The van der Waals surface area contributed by atoms with E-state index in [2.05, 4.69) is 6.07 Å². The van der Waals surface area contributed by atoms with Gasteiger partial charge in [0.25, 0.3) is 5.91 Å². The summed E-state index contributed by atoms with van der Waals surface area (Å²) in [5.74, 6) is 0.661. The standard InChI is InChI=1S/C24H25N3O3S/c1-16-24(29)27(18-9-3-4-11-20(18)30-16)15-13-22(28)26-14-7-6-10-19(26)23-25-17-8-2-5-12-21(17)31-23/h2-5,8-9,11-12,16,19H,6-7,10,13-15H2,1H3. The summed E-state index contributed by atoms with van der Waals surface area (Å²) >= 11 is 1.68. The molecule has 2 unspecified atom stereocenters. The summed E-state index contributed by atoms with van der Waals surface area (Å²) in [6, 6.07) is 15.6. The van der Waals surface area contributed by atoms with Crippen molar-refractivity contribution >= 4 is 39.1 Å². The van der Waals surface area contributed by atoms with Crippen molar-refractivity contribution in [1.82, 2.24) is 9.88 Å². The summed E-state index contributed by atoms with van der Waals surface area (Å²) < 4.78 is 6.86. The Morgan fingerprint density at radius 3 is 2.84 bits per heavy atom. The maximum atomic E-state index is 13.3. The van der Waals surface area contributed by atoms with Crippen LogP contribution in [0.25, 0.3) is 10.2 Å². The Balaban J connectivity index is 1.34. The summed E-state index contributed by atoms with van der Waals surface area (Å²) in [5, 5.41) is 1.01. The second-order valence-electron chi connectivity index (χ2n) is 8.09. The van der Waals surface area contributed by atoms with E-state index in [0.717, 1.165) is 46.7 Å². The number of likely N-dealkylation sites (tertiary alicyclic amines) is 1. The van der Waals surface area contributed by atoms with Crippen molar-refractivity contribution in [1.29, 1.82) is 0 Å². The van der Waals surface area contributed by atoms with Crippen molar-refractivity contribution in [2.45, 2.75) is 44.8 Å². The van der Waals surface area contributed by atoms with Crippen molar-refractivity contribution in [3.05, 3.63) is 53.5 Å². The van der Waals surface area contributed by atoms with Crippen LogP contribution < -0.4 is 9.64 Å². The number of thiazole rings is 1. The maximum absolute atomic E-state index is 13.3. The molecule has 3 heterocycles. The number of anilines is 1. The van der Waals surface area contributed by atoms with Crippen molar-refractivity contribution in [3.8, 4) is 5.75 Å². The van der Waals surface area contributed by atoms with Crippen LogP contribution in [0.3, 0.4) is 0 Å². The minimum Gasteiger partial charge on any atom is -0.479 e. The van der Waals surface area contributed by atoms with E-state index in [0.29, 0.717) is 12.3 Å². The van der Waals surface area contributed by atoms with E-state index in [9.17, 15) is 9.59 Å². The van der Waals surface area contributed by atoms with E-state index in [4.69, 9.17) is 9.72 Å². The van der Waals surface area contributed by atoms with Crippen LogP contribution in [0.1, 0.15) is 43.7 Å². The van der Waals surface area contributed by atoms with Crippen molar-refractivity contribution in [2.75, 3.05) is 18.0 Å². The first kappa shape index (κ1) is 20.0. The van der Waals surface area contributed by atoms with Crippen LogP contribution in [-0.4, -0.2) is 40.9 Å². The van der Waals surface area contributed by atoms with Gasteiger partial charge in [0.2, 0.25) is 5.91 Å². The van der Waals surface area contributed by atoms with Crippen LogP contribution in [0.15, 0.2) is 48.5 Å². The first-order valence-electron chi connectivity index (χ1n) is 10.8. The predicted molar refractivity (Wildman–Crippen MR) is 121 cm³/mol. The van der Waals surface area contributed by atoms with Gasteiger partial charge in [-0.15, -0.1) is 11.3 Å². The Bertz CT molecular complexity index is 1090. The van der Waals surface area contributed by atoms with Crippen molar-refractivity contribution in [3.63, 3.8) is 0 Å². The van der Waals surface area contributed by atoms with Gasteiger partial charge < -0.3 is 14.5 Å². The molecule has 1 saturated heterocycles. The Morgan fingerprint density at radius 2 is 1.97 bits per heavy atom. The number of aromatic nitrogens is 1. The Hall–Kier alpha value is -2.93. The van der Waals surface area contributed by atoms with E-state index in [1.54, 1.807) is 23.2 Å². The lowest BCUT2D eigenvalue weighted by molar-refractivity contribution is -0.135. The van der Waals surface area contributed by atoms with Gasteiger partial charge in [-0.25, -0.2) is 4.98 Å². The molecule has 5 rings (SSSR count). The highest BCUT2D eigenvalue weighted by atomic mass is 32.1. The van der Waals surface area contributed by atoms with Crippen LogP contribution in [0, 0.1) is 0 Å². The first-order chi connectivity index (χ1) is 15.1. The zero-order chi connectivity index (χ0) is 21.4. The molecule has 7 heteroatoms. The van der Waals surface area contributed by atoms with Gasteiger partial charge in [0, 0.05) is 19.5 Å². The average molecular weight is 436 g/mol. The van der Waals surface area contributed by atoms with Gasteiger partial charge in [0.05, 0.1) is 21.9 Å². The Morgan fingerprint density at radius 1 is 1.16 bits per heavy atom. The number of piperidine rings is 1. The maximum Gasteiger partial charge on any atom is 0.267 e. The van der Waals surface area contributed by atoms with E-state index in [1.807, 2.05) is 47.4 Å². The quantitative estimate of drug-likeness (QED) is 0.603. The van der Waals surface area contributed by atoms with Gasteiger partial charge in [-0.3, -0.25) is 9.59 Å². The van der Waals surface area contributed by atoms with Crippen LogP contribution in [-0.2, 0) is 9.59 Å². The zero-order valence-electron chi connectivity index (χ0n) is 17.5. The van der Waals surface area contributed by atoms with E-state index < -0.39 is 6.10 Å². The monoisotopic (exact) mass is 435 g/mol. The van der Waals surface area contributed by atoms with Crippen molar-refractivity contribution < 1.29 is 14.3 Å². The van der Waals surface area contributed by atoms with Gasteiger partial charge in [-0.05, 0) is 50.5 Å². The second-order valence-corrected chi connectivity index (χ2v) is 9.15. The molecular weight excluding hydrogens is 410 g/mol. The molecule has 2 aliphatic heterocycles. The molecule has 2 aromatic carbocycles. The number of ether oxygens (including phenoxy) is 1. The number of carbonyl (C=O) groups excluding carboxylic acids is 2. The zero-order valence-corrected chi connectivity index (χ0v) is 18.3. The highest BCUT2D eigenvalue weighted by molar-refractivity contribution is 7.18. The summed E-state index contributed by atoms with van der Waals surface area (Å²) in [6.07, 6.45) is 2.77. The summed E-state index contributed by atoms with van der Waals surface area (Å²) in [7, 11) is 0. The fourth-order valence-corrected chi connectivity index (χ4v) is 5.58. The Labute approximate surface area is 185 Å². The molecule has 1 aromatic heterocycles. The topological polar surface area (TPSA) is 62.7 Å². The lowest BCUT2D eigenvalue weighted by atomic mass is 10.0. The predicted octanol–water partition coefficient (Wildman–Crippen LogP) is 4.55. The lowest BCUT2D eigenvalue weighted by Crippen LogP contribution is -2.46. The normalized spacial score (nSPS) is 21.1. The third-order valence-electron chi connectivity index (χ3n) is 6.04. The molecule has 0 aliphatic carbocycles. The van der Waals surface area contributed by atoms with Crippen LogP contribution in [0.5, 0.6) is 5.75 Å². The van der Waals surface area contributed by atoms with Crippen molar-refractivity contribution in [2.24, 2.45) is 0 Å². The molecule has 0 saturated carbocycles. The number of nitrogens with zero attached hydrogens (tertiary/aromatic N) is 3. The highest BCUT2D eigenvalue weighted by Crippen LogP contribution is 2.37. The molecule has 2 aliphatic rings. The summed E-state index contributed by atoms with van der Waals surface area (Å²) in [4.78, 5) is 34.5. The number of para-hydroxylation sites is 3. The molecule has 6 nitrogen and oxygen atoms in total. The summed E-state index contributed by atoms with van der Waals surface area (Å²) in [6.45, 7) is 2.84. The molecule has 160 valence electrons. The number of benzene rings is 2. The molecule has 3 aromatic rings. The molecule has 2 amide bonds. The van der Waals surface area contributed by atoms with Gasteiger partial charge in [-0.2, -0.15) is 0 Å². The molecular formula is C24H25N3O3S. The highest BCUT2D eigenvalue weighted by Gasteiger charge is 2.34.